The minimum Gasteiger partial charge on any atom is -0.323 e. The first-order valence-electron chi connectivity index (χ1n) is 5.86. The summed E-state index contributed by atoms with van der Waals surface area (Å²) in [7, 11) is 0. The van der Waals surface area contributed by atoms with E-state index in [-0.39, 0.29) is 11.9 Å². The molecule has 2 rings (SSSR count). The molecule has 0 bridgehead atoms. The molecule has 0 aliphatic heterocycles. The van der Waals surface area contributed by atoms with Crippen LogP contribution in [0.2, 0.25) is 0 Å². The number of halogens is 1. The van der Waals surface area contributed by atoms with Crippen molar-refractivity contribution in [2.45, 2.75) is 19.9 Å². The van der Waals surface area contributed by atoms with Crippen molar-refractivity contribution in [1.29, 1.82) is 0 Å². The SMILES string of the molecule is CCN(c1ncc(C(C)N)s1)c1ccccc1F. The maximum absolute atomic E-state index is 13.8. The second kappa shape index (κ2) is 5.46. The quantitative estimate of drug-likeness (QED) is 0.920. The first-order valence-corrected chi connectivity index (χ1v) is 6.68. The van der Waals surface area contributed by atoms with E-state index in [1.807, 2.05) is 24.8 Å². The second-order valence-corrected chi connectivity index (χ2v) is 5.07. The van der Waals surface area contributed by atoms with Gasteiger partial charge in [-0.15, -0.1) is 0 Å². The molecule has 1 unspecified atom stereocenters. The number of nitrogens with two attached hydrogens (primary N) is 1. The number of hydrogen-bond donors (Lipinski definition) is 1. The number of benzene rings is 1. The Balaban J connectivity index is 2.36. The molecule has 3 nitrogen and oxygen atoms in total. The first kappa shape index (κ1) is 13.0. The van der Waals surface area contributed by atoms with Gasteiger partial charge in [0.15, 0.2) is 5.13 Å². The van der Waals surface area contributed by atoms with Crippen molar-refractivity contribution >= 4 is 22.2 Å². The van der Waals surface area contributed by atoms with Gasteiger partial charge in [-0.1, -0.05) is 23.5 Å². The molecule has 1 aromatic heterocycles. The van der Waals surface area contributed by atoms with Crippen molar-refractivity contribution in [2.75, 3.05) is 11.4 Å². The van der Waals surface area contributed by atoms with Crippen LogP contribution in [0.5, 0.6) is 0 Å². The molecule has 0 aliphatic carbocycles. The molecule has 0 radical (unpaired) electrons. The zero-order valence-electron chi connectivity index (χ0n) is 10.4. The van der Waals surface area contributed by atoms with Crippen molar-refractivity contribution < 1.29 is 4.39 Å². The van der Waals surface area contributed by atoms with Gasteiger partial charge >= 0.3 is 0 Å². The van der Waals surface area contributed by atoms with Crippen molar-refractivity contribution in [3.8, 4) is 0 Å². The fourth-order valence-electron chi connectivity index (χ4n) is 1.69. The second-order valence-electron chi connectivity index (χ2n) is 4.03. The van der Waals surface area contributed by atoms with Gasteiger partial charge in [-0.25, -0.2) is 9.37 Å². The van der Waals surface area contributed by atoms with Crippen LogP contribution >= 0.6 is 11.3 Å². The monoisotopic (exact) mass is 265 g/mol. The van der Waals surface area contributed by atoms with Gasteiger partial charge in [0.2, 0.25) is 0 Å². The summed E-state index contributed by atoms with van der Waals surface area (Å²) >= 11 is 1.50. The van der Waals surface area contributed by atoms with Gasteiger partial charge in [0.1, 0.15) is 5.82 Å². The van der Waals surface area contributed by atoms with Crippen molar-refractivity contribution in [3.63, 3.8) is 0 Å². The van der Waals surface area contributed by atoms with Gasteiger partial charge in [0.25, 0.3) is 0 Å². The van der Waals surface area contributed by atoms with Gasteiger partial charge < -0.3 is 10.6 Å². The van der Waals surface area contributed by atoms with E-state index in [0.29, 0.717) is 12.2 Å². The lowest BCUT2D eigenvalue weighted by Gasteiger charge is -2.20. The molecular formula is C13H16FN3S. The number of para-hydroxylation sites is 1. The van der Waals surface area contributed by atoms with Crippen molar-refractivity contribution in [1.82, 2.24) is 4.98 Å². The maximum atomic E-state index is 13.8. The molecule has 96 valence electrons. The predicted octanol–water partition coefficient (Wildman–Crippen LogP) is 3.46. The summed E-state index contributed by atoms with van der Waals surface area (Å²) in [6.45, 7) is 4.54. The van der Waals surface area contributed by atoms with E-state index < -0.39 is 0 Å². The highest BCUT2D eigenvalue weighted by Gasteiger charge is 2.15. The average molecular weight is 265 g/mol. The van der Waals surface area contributed by atoms with E-state index >= 15 is 0 Å². The number of hydrogen-bond acceptors (Lipinski definition) is 4. The van der Waals surface area contributed by atoms with E-state index in [2.05, 4.69) is 4.98 Å². The summed E-state index contributed by atoms with van der Waals surface area (Å²) < 4.78 is 13.8. The predicted molar refractivity (Wildman–Crippen MR) is 73.8 cm³/mol. The van der Waals surface area contributed by atoms with Gasteiger partial charge in [-0.2, -0.15) is 0 Å². The Morgan fingerprint density at radius 1 is 1.44 bits per heavy atom. The Hall–Kier alpha value is -1.46. The van der Waals surface area contributed by atoms with E-state index in [1.165, 1.54) is 17.4 Å². The summed E-state index contributed by atoms with van der Waals surface area (Å²) in [4.78, 5) is 7.18. The molecular weight excluding hydrogens is 249 g/mol. The van der Waals surface area contributed by atoms with E-state index in [1.54, 1.807) is 18.3 Å². The van der Waals surface area contributed by atoms with Gasteiger partial charge in [-0.3, -0.25) is 0 Å². The third-order valence-corrected chi connectivity index (χ3v) is 3.87. The van der Waals surface area contributed by atoms with E-state index in [9.17, 15) is 4.39 Å². The molecule has 2 N–H and O–H groups in total. The van der Waals surface area contributed by atoms with Crippen LogP contribution in [0.1, 0.15) is 24.8 Å². The summed E-state index contributed by atoms with van der Waals surface area (Å²) in [6, 6.07) is 6.67. The highest BCUT2D eigenvalue weighted by molar-refractivity contribution is 7.15. The highest BCUT2D eigenvalue weighted by atomic mass is 32.1. The molecule has 2 aromatic rings. The largest absolute Gasteiger partial charge is 0.323 e. The number of rotatable bonds is 4. The molecule has 1 aromatic carbocycles. The number of thiazole rings is 1. The Morgan fingerprint density at radius 3 is 2.72 bits per heavy atom. The van der Waals surface area contributed by atoms with Crippen molar-refractivity contribution in [2.24, 2.45) is 5.73 Å². The minimum absolute atomic E-state index is 0.0458. The van der Waals surface area contributed by atoms with Crippen LogP contribution in [-0.2, 0) is 0 Å². The summed E-state index contributed by atoms with van der Waals surface area (Å²) in [6.07, 6.45) is 1.76. The third-order valence-electron chi connectivity index (χ3n) is 2.65. The topological polar surface area (TPSA) is 42.2 Å². The van der Waals surface area contributed by atoms with Crippen LogP contribution in [0, 0.1) is 5.82 Å². The molecule has 1 atom stereocenters. The Bertz CT molecular complexity index is 524. The lowest BCUT2D eigenvalue weighted by atomic mass is 10.3. The third kappa shape index (κ3) is 2.52. The van der Waals surface area contributed by atoms with Gasteiger partial charge in [0.05, 0.1) is 5.69 Å². The molecule has 0 aliphatic rings. The lowest BCUT2D eigenvalue weighted by molar-refractivity contribution is 0.625. The van der Waals surface area contributed by atoms with E-state index in [4.69, 9.17) is 5.73 Å². The van der Waals surface area contributed by atoms with Crippen LogP contribution in [-0.4, -0.2) is 11.5 Å². The molecule has 18 heavy (non-hydrogen) atoms. The Morgan fingerprint density at radius 2 is 2.17 bits per heavy atom. The first-order chi connectivity index (χ1) is 8.63. The number of nitrogens with zero attached hydrogens (tertiary/aromatic N) is 2. The highest BCUT2D eigenvalue weighted by Crippen LogP contribution is 2.32. The lowest BCUT2D eigenvalue weighted by Crippen LogP contribution is -2.16. The van der Waals surface area contributed by atoms with Crippen LogP contribution in [0.3, 0.4) is 0 Å². The summed E-state index contributed by atoms with van der Waals surface area (Å²) in [5.74, 6) is -0.239. The summed E-state index contributed by atoms with van der Waals surface area (Å²) in [5, 5.41) is 0.773. The average Bonchev–Trinajstić information content (AvgIpc) is 2.82. The van der Waals surface area contributed by atoms with Crippen molar-refractivity contribution in [3.05, 3.63) is 41.2 Å². The molecule has 0 fully saturated rings. The molecule has 0 spiro atoms. The van der Waals surface area contributed by atoms with Gasteiger partial charge in [-0.05, 0) is 26.0 Å². The number of aromatic nitrogens is 1. The normalized spacial score (nSPS) is 12.4. The van der Waals surface area contributed by atoms with Crippen LogP contribution in [0.15, 0.2) is 30.5 Å². The van der Waals surface area contributed by atoms with Gasteiger partial charge in [0, 0.05) is 23.7 Å². The molecule has 0 saturated heterocycles. The zero-order valence-corrected chi connectivity index (χ0v) is 11.2. The Kier molecular flexibility index (Phi) is 3.93. The number of anilines is 2. The molecule has 0 saturated carbocycles. The molecule has 1 heterocycles. The smallest absolute Gasteiger partial charge is 0.190 e. The Labute approximate surface area is 110 Å². The standard InChI is InChI=1S/C13H16FN3S/c1-3-17(11-7-5-4-6-10(11)14)13-16-8-12(18-13)9(2)15/h4-9H,3,15H2,1-2H3. The fraction of sp³-hybridized carbons (Fsp3) is 0.308. The molecule has 0 amide bonds. The van der Waals surface area contributed by atoms with Crippen LogP contribution in [0.4, 0.5) is 15.2 Å². The maximum Gasteiger partial charge on any atom is 0.190 e. The minimum atomic E-state index is -0.239. The fourth-order valence-corrected chi connectivity index (χ4v) is 2.64. The summed E-state index contributed by atoms with van der Waals surface area (Å²) in [5.41, 5.74) is 6.36. The molecule has 5 heteroatoms. The van der Waals surface area contributed by atoms with E-state index in [0.717, 1.165) is 10.0 Å². The van der Waals surface area contributed by atoms with Crippen LogP contribution < -0.4 is 10.6 Å². The zero-order chi connectivity index (χ0) is 13.1. The van der Waals surface area contributed by atoms with Crippen LogP contribution in [0.25, 0.3) is 0 Å².